The molecule has 1 amide bonds. The fourth-order valence-electron chi connectivity index (χ4n) is 3.15. The lowest BCUT2D eigenvalue weighted by Crippen LogP contribution is -2.49. The van der Waals surface area contributed by atoms with Crippen LogP contribution in [0.2, 0.25) is 0 Å². The van der Waals surface area contributed by atoms with Crippen LogP contribution in [0.25, 0.3) is 0 Å². The van der Waals surface area contributed by atoms with E-state index in [1.54, 1.807) is 6.92 Å². The van der Waals surface area contributed by atoms with Gasteiger partial charge in [-0.15, -0.1) is 0 Å². The number of carbonyl (C=O) groups excluding carboxylic acids is 1. The van der Waals surface area contributed by atoms with Crippen LogP contribution in [0.1, 0.15) is 26.2 Å². The van der Waals surface area contributed by atoms with Gasteiger partial charge in [0.1, 0.15) is 6.54 Å². The van der Waals surface area contributed by atoms with E-state index in [0.29, 0.717) is 13.0 Å². The molecule has 2 heterocycles. The van der Waals surface area contributed by atoms with Crippen molar-refractivity contribution in [1.82, 2.24) is 9.80 Å². The monoisotopic (exact) mass is 294 g/mol. The molecule has 116 valence electrons. The lowest BCUT2D eigenvalue weighted by atomic mass is 9.92. The number of alkyl halides is 3. The predicted octanol–water partition coefficient (Wildman–Crippen LogP) is 1.24. The molecule has 0 aliphatic carbocycles. The third-order valence-electron chi connectivity index (χ3n) is 4.25. The fourth-order valence-corrected chi connectivity index (χ4v) is 3.15. The second-order valence-electron chi connectivity index (χ2n) is 5.82. The lowest BCUT2D eigenvalue weighted by Gasteiger charge is -2.37. The first kappa shape index (κ1) is 15.6. The van der Waals surface area contributed by atoms with Crippen LogP contribution in [0.15, 0.2) is 0 Å². The quantitative estimate of drug-likeness (QED) is 0.852. The number of carbonyl (C=O) groups is 1. The standard InChI is InChI=1S/C13H21F3N2O2/c1-9(19)10-3-2-5-17(7-10)11-4-6-18(12(11)20)8-13(14,15)16/h9-11,19H,2-8H2,1H3. The fraction of sp³-hybridized carbons (Fsp3) is 0.923. The topological polar surface area (TPSA) is 43.8 Å². The van der Waals surface area contributed by atoms with E-state index in [1.165, 1.54) is 0 Å². The van der Waals surface area contributed by atoms with Gasteiger partial charge in [0.05, 0.1) is 12.1 Å². The van der Waals surface area contributed by atoms with Crippen LogP contribution in [0, 0.1) is 5.92 Å². The molecule has 0 radical (unpaired) electrons. The Morgan fingerprint density at radius 1 is 1.35 bits per heavy atom. The molecule has 0 saturated carbocycles. The molecule has 0 aromatic heterocycles. The summed E-state index contributed by atoms with van der Waals surface area (Å²) in [4.78, 5) is 14.9. The van der Waals surface area contributed by atoms with Gasteiger partial charge in [-0.05, 0) is 38.6 Å². The van der Waals surface area contributed by atoms with Crippen LogP contribution < -0.4 is 0 Å². The molecule has 2 fully saturated rings. The average molecular weight is 294 g/mol. The van der Waals surface area contributed by atoms with Gasteiger partial charge in [0.15, 0.2) is 0 Å². The first-order valence-electron chi connectivity index (χ1n) is 7.05. The Bertz CT molecular complexity index is 360. The van der Waals surface area contributed by atoms with E-state index in [1.807, 2.05) is 4.90 Å². The minimum Gasteiger partial charge on any atom is -0.393 e. The van der Waals surface area contributed by atoms with Crippen LogP contribution in [0.3, 0.4) is 0 Å². The number of amides is 1. The molecule has 2 saturated heterocycles. The Hall–Kier alpha value is -0.820. The van der Waals surface area contributed by atoms with Crippen LogP contribution in [0.4, 0.5) is 13.2 Å². The summed E-state index contributed by atoms with van der Waals surface area (Å²) in [6.45, 7) is 2.04. The van der Waals surface area contributed by atoms with Gasteiger partial charge in [-0.1, -0.05) is 0 Å². The summed E-state index contributed by atoms with van der Waals surface area (Å²) >= 11 is 0. The van der Waals surface area contributed by atoms with Gasteiger partial charge >= 0.3 is 6.18 Å². The summed E-state index contributed by atoms with van der Waals surface area (Å²) in [7, 11) is 0. The maximum atomic E-state index is 12.4. The highest BCUT2D eigenvalue weighted by Gasteiger charge is 2.42. The zero-order valence-electron chi connectivity index (χ0n) is 11.6. The Morgan fingerprint density at radius 3 is 2.65 bits per heavy atom. The van der Waals surface area contributed by atoms with E-state index < -0.39 is 30.8 Å². The summed E-state index contributed by atoms with van der Waals surface area (Å²) in [6, 6.07) is -0.445. The third-order valence-corrected chi connectivity index (χ3v) is 4.25. The normalized spacial score (nSPS) is 30.9. The van der Waals surface area contributed by atoms with Crippen molar-refractivity contribution in [3.05, 3.63) is 0 Å². The van der Waals surface area contributed by atoms with Crippen molar-refractivity contribution in [3.8, 4) is 0 Å². The SMILES string of the molecule is CC(O)C1CCCN(C2CCN(CC(F)(F)F)C2=O)C1. The number of likely N-dealkylation sites (tertiary alicyclic amines) is 2. The second-order valence-corrected chi connectivity index (χ2v) is 5.82. The molecule has 2 rings (SSSR count). The highest BCUT2D eigenvalue weighted by atomic mass is 19.4. The largest absolute Gasteiger partial charge is 0.406 e. The molecular formula is C13H21F3N2O2. The van der Waals surface area contributed by atoms with Crippen LogP contribution >= 0.6 is 0 Å². The minimum absolute atomic E-state index is 0.105. The van der Waals surface area contributed by atoms with Gasteiger partial charge in [-0.2, -0.15) is 13.2 Å². The van der Waals surface area contributed by atoms with E-state index in [0.717, 1.165) is 24.3 Å². The molecule has 4 nitrogen and oxygen atoms in total. The van der Waals surface area contributed by atoms with Crippen LogP contribution in [0.5, 0.6) is 0 Å². The molecule has 0 aromatic rings. The first-order valence-corrected chi connectivity index (χ1v) is 7.05. The van der Waals surface area contributed by atoms with E-state index in [-0.39, 0.29) is 12.5 Å². The molecule has 3 unspecified atom stereocenters. The lowest BCUT2D eigenvalue weighted by molar-refractivity contribution is -0.159. The summed E-state index contributed by atoms with van der Waals surface area (Å²) in [6.07, 6.45) is -2.56. The van der Waals surface area contributed by atoms with E-state index >= 15 is 0 Å². The molecular weight excluding hydrogens is 273 g/mol. The Kier molecular flexibility index (Phi) is 4.59. The smallest absolute Gasteiger partial charge is 0.393 e. The van der Waals surface area contributed by atoms with Crippen molar-refractivity contribution < 1.29 is 23.1 Å². The number of piperidine rings is 1. The Balaban J connectivity index is 1.95. The number of hydrogen-bond donors (Lipinski definition) is 1. The van der Waals surface area contributed by atoms with Crippen molar-refractivity contribution in [1.29, 1.82) is 0 Å². The van der Waals surface area contributed by atoms with E-state index in [9.17, 15) is 23.1 Å². The second kappa shape index (κ2) is 5.89. The van der Waals surface area contributed by atoms with Crippen molar-refractivity contribution in [2.24, 2.45) is 5.92 Å². The Morgan fingerprint density at radius 2 is 2.05 bits per heavy atom. The zero-order chi connectivity index (χ0) is 14.9. The van der Waals surface area contributed by atoms with Gasteiger partial charge in [0.2, 0.25) is 5.91 Å². The predicted molar refractivity (Wildman–Crippen MR) is 67.0 cm³/mol. The zero-order valence-corrected chi connectivity index (χ0v) is 11.6. The maximum Gasteiger partial charge on any atom is 0.406 e. The molecule has 2 aliphatic heterocycles. The number of halogens is 3. The molecule has 0 bridgehead atoms. The number of hydrogen-bond acceptors (Lipinski definition) is 3. The number of aliphatic hydroxyl groups is 1. The number of aliphatic hydroxyl groups excluding tert-OH is 1. The third kappa shape index (κ3) is 3.63. The molecule has 20 heavy (non-hydrogen) atoms. The maximum absolute atomic E-state index is 12.4. The molecule has 3 atom stereocenters. The van der Waals surface area contributed by atoms with Gasteiger partial charge in [0, 0.05) is 13.1 Å². The first-order chi connectivity index (χ1) is 9.28. The Labute approximate surface area is 116 Å². The van der Waals surface area contributed by atoms with Gasteiger partial charge in [0.25, 0.3) is 0 Å². The summed E-state index contributed by atoms with van der Waals surface area (Å²) < 4.78 is 37.1. The van der Waals surface area contributed by atoms with Gasteiger partial charge < -0.3 is 10.0 Å². The van der Waals surface area contributed by atoms with Crippen molar-refractivity contribution in [2.75, 3.05) is 26.2 Å². The van der Waals surface area contributed by atoms with Gasteiger partial charge in [-0.3, -0.25) is 9.69 Å². The molecule has 7 heteroatoms. The highest BCUT2D eigenvalue weighted by molar-refractivity contribution is 5.84. The molecule has 2 aliphatic rings. The minimum atomic E-state index is -4.34. The van der Waals surface area contributed by atoms with Crippen molar-refractivity contribution in [3.63, 3.8) is 0 Å². The van der Waals surface area contributed by atoms with Crippen LogP contribution in [-0.2, 0) is 4.79 Å². The van der Waals surface area contributed by atoms with E-state index in [2.05, 4.69) is 0 Å². The van der Waals surface area contributed by atoms with E-state index in [4.69, 9.17) is 0 Å². The molecule has 0 aromatic carbocycles. The molecule has 0 spiro atoms. The summed E-state index contributed by atoms with van der Waals surface area (Å²) in [5.74, 6) is -0.318. The number of nitrogens with zero attached hydrogens (tertiary/aromatic N) is 2. The van der Waals surface area contributed by atoms with Gasteiger partial charge in [-0.25, -0.2) is 0 Å². The van der Waals surface area contributed by atoms with Crippen molar-refractivity contribution in [2.45, 2.75) is 44.5 Å². The average Bonchev–Trinajstić information content (AvgIpc) is 2.69. The van der Waals surface area contributed by atoms with Crippen LogP contribution in [-0.4, -0.2) is 65.3 Å². The summed E-state index contributed by atoms with van der Waals surface area (Å²) in [5.41, 5.74) is 0. The number of rotatable bonds is 3. The summed E-state index contributed by atoms with van der Waals surface area (Å²) in [5, 5.41) is 9.64. The van der Waals surface area contributed by atoms with Crippen molar-refractivity contribution >= 4 is 5.91 Å². The molecule has 1 N–H and O–H groups in total. The highest BCUT2D eigenvalue weighted by Crippen LogP contribution is 2.27.